The number of benzene rings is 3. The monoisotopic (exact) mass is 619 g/mol. The van der Waals surface area contributed by atoms with Crippen LogP contribution < -0.4 is 14.4 Å². The van der Waals surface area contributed by atoms with E-state index in [0.717, 1.165) is 4.31 Å². The van der Waals surface area contributed by atoms with Gasteiger partial charge in [0.25, 0.3) is 10.0 Å². The fraction of sp³-hybridized carbons (Fsp3) is 0.333. The van der Waals surface area contributed by atoms with Crippen LogP contribution >= 0.6 is 23.2 Å². The molecule has 220 valence electrons. The zero-order valence-electron chi connectivity index (χ0n) is 23.5. The number of methoxy groups -OCH3 is 1. The molecule has 11 heteroatoms. The van der Waals surface area contributed by atoms with Crippen molar-refractivity contribution in [2.75, 3.05) is 18.0 Å². The number of anilines is 1. The van der Waals surface area contributed by atoms with Gasteiger partial charge in [-0.25, -0.2) is 8.42 Å². The molecule has 0 saturated heterocycles. The molecule has 0 fully saturated rings. The molecule has 0 aliphatic rings. The first-order valence-electron chi connectivity index (χ1n) is 13.3. The van der Waals surface area contributed by atoms with Crippen molar-refractivity contribution in [1.29, 1.82) is 0 Å². The van der Waals surface area contributed by atoms with Crippen molar-refractivity contribution in [1.82, 2.24) is 10.2 Å². The Morgan fingerprint density at radius 2 is 1.63 bits per heavy atom. The first kappa shape index (κ1) is 32.2. The minimum absolute atomic E-state index is 0.0108. The summed E-state index contributed by atoms with van der Waals surface area (Å²) in [6.07, 6.45) is 1.02. The highest BCUT2D eigenvalue weighted by Crippen LogP contribution is 2.28. The van der Waals surface area contributed by atoms with Gasteiger partial charge in [0.1, 0.15) is 18.3 Å². The lowest BCUT2D eigenvalue weighted by atomic mass is 10.1. The second-order valence-electron chi connectivity index (χ2n) is 9.52. The lowest BCUT2D eigenvalue weighted by molar-refractivity contribution is -0.140. The van der Waals surface area contributed by atoms with E-state index < -0.39 is 28.5 Å². The van der Waals surface area contributed by atoms with Crippen molar-refractivity contribution in [3.63, 3.8) is 0 Å². The minimum atomic E-state index is -4.24. The Balaban J connectivity index is 2.07. The average molecular weight is 621 g/mol. The van der Waals surface area contributed by atoms with Crippen LogP contribution in [0.1, 0.15) is 39.2 Å². The van der Waals surface area contributed by atoms with E-state index in [-0.39, 0.29) is 29.1 Å². The molecular weight excluding hydrogens is 585 g/mol. The number of carbonyl (C=O) groups excluding carboxylic acids is 2. The van der Waals surface area contributed by atoms with Gasteiger partial charge in [0.15, 0.2) is 0 Å². The minimum Gasteiger partial charge on any atom is -0.497 e. The Bertz CT molecular complexity index is 1450. The van der Waals surface area contributed by atoms with E-state index in [9.17, 15) is 18.0 Å². The number of rotatable bonds is 13. The van der Waals surface area contributed by atoms with Crippen molar-refractivity contribution in [3.8, 4) is 5.75 Å². The summed E-state index contributed by atoms with van der Waals surface area (Å²) in [7, 11) is -2.75. The molecule has 2 amide bonds. The van der Waals surface area contributed by atoms with Crippen LogP contribution in [0.15, 0.2) is 77.7 Å². The van der Waals surface area contributed by atoms with E-state index >= 15 is 0 Å². The third-order valence-corrected chi connectivity index (χ3v) is 9.10. The number of ether oxygens (including phenoxy) is 1. The number of sulfonamides is 1. The molecule has 3 aromatic rings. The van der Waals surface area contributed by atoms with Crippen molar-refractivity contribution in [2.45, 2.75) is 57.1 Å². The Morgan fingerprint density at radius 1 is 0.951 bits per heavy atom. The lowest BCUT2D eigenvalue weighted by Gasteiger charge is -2.34. The Labute approximate surface area is 252 Å². The second kappa shape index (κ2) is 14.6. The first-order chi connectivity index (χ1) is 19.5. The van der Waals surface area contributed by atoms with Crippen molar-refractivity contribution >= 4 is 50.7 Å². The zero-order chi connectivity index (χ0) is 30.2. The maximum Gasteiger partial charge on any atom is 0.264 e. The van der Waals surface area contributed by atoms with Gasteiger partial charge in [0.05, 0.1) is 17.7 Å². The summed E-state index contributed by atoms with van der Waals surface area (Å²) in [4.78, 5) is 28.8. The van der Waals surface area contributed by atoms with Crippen LogP contribution in [0.5, 0.6) is 5.75 Å². The first-order valence-corrected chi connectivity index (χ1v) is 15.5. The van der Waals surface area contributed by atoms with Crippen LogP contribution in [0, 0.1) is 0 Å². The van der Waals surface area contributed by atoms with E-state index in [4.69, 9.17) is 27.9 Å². The number of carbonyl (C=O) groups is 2. The maximum atomic E-state index is 14.1. The van der Waals surface area contributed by atoms with Crippen LogP contribution in [-0.2, 0) is 26.2 Å². The Hall–Kier alpha value is -3.27. The molecule has 0 aliphatic carbocycles. The van der Waals surface area contributed by atoms with Crippen LogP contribution in [0.4, 0.5) is 5.69 Å². The van der Waals surface area contributed by atoms with Crippen LogP contribution in [0.2, 0.25) is 10.0 Å². The van der Waals surface area contributed by atoms with E-state index in [2.05, 4.69) is 5.32 Å². The van der Waals surface area contributed by atoms with Crippen molar-refractivity contribution < 1.29 is 22.7 Å². The predicted octanol–water partition coefficient (Wildman–Crippen LogP) is 5.92. The Kier molecular flexibility index (Phi) is 11.5. The second-order valence-corrected chi connectivity index (χ2v) is 12.2. The molecule has 1 N–H and O–H groups in total. The third kappa shape index (κ3) is 8.15. The molecule has 0 aromatic heterocycles. The van der Waals surface area contributed by atoms with Crippen molar-refractivity contribution in [3.05, 3.63) is 88.4 Å². The summed E-state index contributed by atoms with van der Waals surface area (Å²) in [6, 6.07) is 18.2. The number of hydrogen-bond acceptors (Lipinski definition) is 5. The topological polar surface area (TPSA) is 96.0 Å². The molecule has 0 spiro atoms. The summed E-state index contributed by atoms with van der Waals surface area (Å²) in [6.45, 7) is 5.07. The van der Waals surface area contributed by atoms with E-state index in [1.165, 1.54) is 42.3 Å². The van der Waals surface area contributed by atoms with Gasteiger partial charge in [-0.2, -0.15) is 0 Å². The molecule has 2 atom stereocenters. The van der Waals surface area contributed by atoms with Gasteiger partial charge in [-0.3, -0.25) is 13.9 Å². The molecule has 0 heterocycles. The SMILES string of the molecule is CC[C@@H](C)NC(=O)[C@H](CC)N(Cc1ccccc1Cl)C(=O)CN(c1cccc(Cl)c1)S(=O)(=O)c1ccc(OC)cc1. The molecule has 3 aromatic carbocycles. The van der Waals surface area contributed by atoms with Gasteiger partial charge in [-0.1, -0.05) is 61.3 Å². The van der Waals surface area contributed by atoms with Gasteiger partial charge in [-0.05, 0) is 73.9 Å². The lowest BCUT2D eigenvalue weighted by Crippen LogP contribution is -2.53. The van der Waals surface area contributed by atoms with Gasteiger partial charge >= 0.3 is 0 Å². The highest BCUT2D eigenvalue weighted by molar-refractivity contribution is 7.92. The molecule has 0 unspecified atom stereocenters. The van der Waals surface area contributed by atoms with Crippen molar-refractivity contribution in [2.24, 2.45) is 0 Å². The normalized spacial score (nSPS) is 12.7. The van der Waals surface area contributed by atoms with E-state index in [1.54, 1.807) is 49.4 Å². The zero-order valence-corrected chi connectivity index (χ0v) is 25.8. The van der Waals surface area contributed by atoms with Gasteiger partial charge in [0.2, 0.25) is 11.8 Å². The van der Waals surface area contributed by atoms with Crippen LogP contribution in [-0.4, -0.2) is 50.9 Å². The molecule has 0 radical (unpaired) electrons. The molecular formula is C30H35Cl2N3O5S. The van der Waals surface area contributed by atoms with Gasteiger partial charge in [-0.15, -0.1) is 0 Å². The molecule has 3 rings (SSSR count). The smallest absolute Gasteiger partial charge is 0.264 e. The predicted molar refractivity (Wildman–Crippen MR) is 163 cm³/mol. The van der Waals surface area contributed by atoms with E-state index in [0.29, 0.717) is 34.2 Å². The largest absolute Gasteiger partial charge is 0.497 e. The molecule has 0 bridgehead atoms. The molecule has 0 aliphatic heterocycles. The van der Waals surface area contributed by atoms with Crippen LogP contribution in [0.25, 0.3) is 0 Å². The van der Waals surface area contributed by atoms with E-state index in [1.807, 2.05) is 13.8 Å². The van der Waals surface area contributed by atoms with Gasteiger partial charge < -0.3 is 15.0 Å². The fourth-order valence-corrected chi connectivity index (χ4v) is 5.99. The maximum absolute atomic E-state index is 14.1. The Morgan fingerprint density at radius 3 is 2.22 bits per heavy atom. The third-order valence-electron chi connectivity index (χ3n) is 6.71. The summed E-state index contributed by atoms with van der Waals surface area (Å²) >= 11 is 12.7. The quantitative estimate of drug-likeness (QED) is 0.256. The van der Waals surface area contributed by atoms with Gasteiger partial charge in [0, 0.05) is 22.6 Å². The highest BCUT2D eigenvalue weighted by atomic mass is 35.5. The fourth-order valence-electron chi connectivity index (χ4n) is 4.21. The molecule has 41 heavy (non-hydrogen) atoms. The summed E-state index contributed by atoms with van der Waals surface area (Å²) < 4.78 is 34.1. The standard InChI is InChI=1S/C30H35Cl2N3O5S/c1-5-21(3)33-30(37)28(6-2)34(19-22-10-7-8-13-27(22)32)29(36)20-35(24-12-9-11-23(31)18-24)41(38,39)26-16-14-25(40-4)15-17-26/h7-18,21,28H,5-6,19-20H2,1-4H3,(H,33,37)/t21-,28+/m1/s1. The average Bonchev–Trinajstić information content (AvgIpc) is 2.96. The number of amides is 2. The molecule has 8 nitrogen and oxygen atoms in total. The summed E-state index contributed by atoms with van der Waals surface area (Å²) in [5, 5.41) is 3.68. The number of nitrogens with zero attached hydrogens (tertiary/aromatic N) is 2. The highest BCUT2D eigenvalue weighted by Gasteiger charge is 2.34. The summed E-state index contributed by atoms with van der Waals surface area (Å²) in [5.74, 6) is -0.416. The van der Waals surface area contributed by atoms with Crippen LogP contribution in [0.3, 0.4) is 0 Å². The summed E-state index contributed by atoms with van der Waals surface area (Å²) in [5.41, 5.74) is 0.834. The number of halogens is 2. The molecule has 0 saturated carbocycles. The number of hydrogen-bond donors (Lipinski definition) is 1. The number of nitrogens with one attached hydrogen (secondary N) is 1.